The molecule has 0 aromatic rings. The molecule has 0 saturated heterocycles. The van der Waals surface area contributed by atoms with Gasteiger partial charge in [0.25, 0.3) is 0 Å². The Morgan fingerprint density at radius 3 is 2.19 bits per heavy atom. The molecule has 0 rings (SSSR count). The summed E-state index contributed by atoms with van der Waals surface area (Å²) >= 11 is 0. The standard InChI is InChI=1S/C13H29NO2/c1-13(2)16-12-8-6-10-14-9-5-3-4-7-11-15/h13-15H,3-12H2,1-2H3. The van der Waals surface area contributed by atoms with Crippen LogP contribution in [0.4, 0.5) is 0 Å². The van der Waals surface area contributed by atoms with Gasteiger partial charge in [-0.15, -0.1) is 0 Å². The Kier molecular flexibility index (Phi) is 12.9. The molecule has 0 fully saturated rings. The van der Waals surface area contributed by atoms with Crippen molar-refractivity contribution in [1.29, 1.82) is 0 Å². The fraction of sp³-hybridized carbons (Fsp3) is 1.00. The van der Waals surface area contributed by atoms with Gasteiger partial charge in [0, 0.05) is 13.2 Å². The van der Waals surface area contributed by atoms with Crippen molar-refractivity contribution in [2.45, 2.75) is 58.5 Å². The van der Waals surface area contributed by atoms with Crippen molar-refractivity contribution in [2.24, 2.45) is 0 Å². The first kappa shape index (κ1) is 15.9. The van der Waals surface area contributed by atoms with Crippen molar-refractivity contribution in [3.8, 4) is 0 Å². The monoisotopic (exact) mass is 231 g/mol. The number of rotatable bonds is 12. The third-order valence-corrected chi connectivity index (χ3v) is 2.46. The maximum atomic E-state index is 8.60. The molecular weight excluding hydrogens is 202 g/mol. The van der Waals surface area contributed by atoms with Crippen LogP contribution in [0.1, 0.15) is 52.4 Å². The Balaban J connectivity index is 2.88. The molecule has 2 N–H and O–H groups in total. The van der Waals surface area contributed by atoms with E-state index in [9.17, 15) is 0 Å². The fourth-order valence-electron chi connectivity index (χ4n) is 1.51. The van der Waals surface area contributed by atoms with Crippen LogP contribution < -0.4 is 5.32 Å². The maximum Gasteiger partial charge on any atom is 0.0518 e. The van der Waals surface area contributed by atoms with Crippen LogP contribution in [-0.2, 0) is 4.74 Å². The van der Waals surface area contributed by atoms with Gasteiger partial charge in [-0.3, -0.25) is 0 Å². The molecule has 0 bridgehead atoms. The van der Waals surface area contributed by atoms with Gasteiger partial charge >= 0.3 is 0 Å². The molecule has 16 heavy (non-hydrogen) atoms. The summed E-state index contributed by atoms with van der Waals surface area (Å²) in [6, 6.07) is 0. The van der Waals surface area contributed by atoms with Crippen LogP contribution in [0.2, 0.25) is 0 Å². The van der Waals surface area contributed by atoms with E-state index < -0.39 is 0 Å². The molecule has 0 aromatic carbocycles. The predicted octanol–water partition coefficient (Wildman–Crippen LogP) is 2.33. The predicted molar refractivity (Wildman–Crippen MR) is 68.7 cm³/mol. The highest BCUT2D eigenvalue weighted by Crippen LogP contribution is 1.98. The number of ether oxygens (including phenoxy) is 1. The molecule has 0 saturated carbocycles. The number of hydrogen-bond donors (Lipinski definition) is 2. The van der Waals surface area contributed by atoms with Crippen molar-refractivity contribution in [2.75, 3.05) is 26.3 Å². The van der Waals surface area contributed by atoms with E-state index in [0.29, 0.717) is 12.7 Å². The van der Waals surface area contributed by atoms with Crippen LogP contribution in [0.3, 0.4) is 0 Å². The van der Waals surface area contributed by atoms with Crippen molar-refractivity contribution in [3.63, 3.8) is 0 Å². The van der Waals surface area contributed by atoms with Crippen molar-refractivity contribution >= 4 is 0 Å². The van der Waals surface area contributed by atoms with Gasteiger partial charge in [-0.1, -0.05) is 12.8 Å². The smallest absolute Gasteiger partial charge is 0.0518 e. The Morgan fingerprint density at radius 2 is 1.56 bits per heavy atom. The molecule has 0 aliphatic heterocycles. The summed E-state index contributed by atoms with van der Waals surface area (Å²) in [6.45, 7) is 7.58. The molecule has 98 valence electrons. The lowest BCUT2D eigenvalue weighted by atomic mass is 10.2. The molecule has 0 aromatic heterocycles. The van der Waals surface area contributed by atoms with Gasteiger partial charge < -0.3 is 15.2 Å². The fourth-order valence-corrected chi connectivity index (χ4v) is 1.51. The Labute approximate surface area is 101 Å². The highest BCUT2D eigenvalue weighted by molar-refractivity contribution is 4.50. The second-order valence-electron chi connectivity index (χ2n) is 4.51. The molecule has 0 heterocycles. The van der Waals surface area contributed by atoms with E-state index in [1.54, 1.807) is 0 Å². The zero-order chi connectivity index (χ0) is 12.1. The lowest BCUT2D eigenvalue weighted by Crippen LogP contribution is -2.17. The number of hydrogen-bond acceptors (Lipinski definition) is 3. The van der Waals surface area contributed by atoms with Crippen LogP contribution in [0, 0.1) is 0 Å². The summed E-state index contributed by atoms with van der Waals surface area (Å²) in [7, 11) is 0. The first-order valence-corrected chi connectivity index (χ1v) is 6.70. The topological polar surface area (TPSA) is 41.5 Å². The van der Waals surface area contributed by atoms with E-state index in [2.05, 4.69) is 19.2 Å². The van der Waals surface area contributed by atoms with E-state index in [-0.39, 0.29) is 0 Å². The highest BCUT2D eigenvalue weighted by atomic mass is 16.5. The van der Waals surface area contributed by atoms with E-state index in [1.807, 2.05) is 0 Å². The Bertz CT molecular complexity index is 129. The molecule has 0 amide bonds. The minimum atomic E-state index is 0.337. The van der Waals surface area contributed by atoms with Gasteiger partial charge in [-0.25, -0.2) is 0 Å². The molecule has 3 heteroatoms. The van der Waals surface area contributed by atoms with Crippen LogP contribution >= 0.6 is 0 Å². The molecule has 0 atom stereocenters. The van der Waals surface area contributed by atoms with E-state index >= 15 is 0 Å². The SMILES string of the molecule is CC(C)OCCCCNCCCCCCO. The molecular formula is C13H29NO2. The van der Waals surface area contributed by atoms with E-state index in [0.717, 1.165) is 39.0 Å². The first-order chi connectivity index (χ1) is 7.77. The summed E-state index contributed by atoms with van der Waals surface area (Å²) in [6.07, 6.45) is 7.26. The average molecular weight is 231 g/mol. The zero-order valence-corrected chi connectivity index (χ0v) is 11.0. The molecule has 3 nitrogen and oxygen atoms in total. The number of unbranched alkanes of at least 4 members (excludes halogenated alkanes) is 4. The van der Waals surface area contributed by atoms with Crippen molar-refractivity contribution in [3.05, 3.63) is 0 Å². The zero-order valence-electron chi connectivity index (χ0n) is 11.0. The minimum Gasteiger partial charge on any atom is -0.396 e. The van der Waals surface area contributed by atoms with Gasteiger partial charge in [-0.05, 0) is 52.6 Å². The second kappa shape index (κ2) is 12.9. The maximum absolute atomic E-state index is 8.60. The first-order valence-electron chi connectivity index (χ1n) is 6.70. The molecule has 0 unspecified atom stereocenters. The van der Waals surface area contributed by atoms with E-state index in [4.69, 9.17) is 9.84 Å². The number of aliphatic hydroxyl groups is 1. The van der Waals surface area contributed by atoms with Crippen LogP contribution in [0.5, 0.6) is 0 Å². The van der Waals surface area contributed by atoms with Crippen molar-refractivity contribution < 1.29 is 9.84 Å². The number of nitrogens with one attached hydrogen (secondary N) is 1. The van der Waals surface area contributed by atoms with Gasteiger partial charge in [0.05, 0.1) is 6.10 Å². The average Bonchev–Trinajstić information content (AvgIpc) is 2.25. The van der Waals surface area contributed by atoms with Crippen LogP contribution in [-0.4, -0.2) is 37.5 Å². The largest absolute Gasteiger partial charge is 0.396 e. The van der Waals surface area contributed by atoms with Gasteiger partial charge in [-0.2, -0.15) is 0 Å². The summed E-state index contributed by atoms with van der Waals surface area (Å²) in [5, 5.41) is 12.0. The molecule has 0 spiro atoms. The van der Waals surface area contributed by atoms with E-state index in [1.165, 1.54) is 19.3 Å². The lowest BCUT2D eigenvalue weighted by Gasteiger charge is -2.07. The number of aliphatic hydroxyl groups excluding tert-OH is 1. The molecule has 0 radical (unpaired) electrons. The Morgan fingerprint density at radius 1 is 0.938 bits per heavy atom. The quantitative estimate of drug-likeness (QED) is 0.507. The van der Waals surface area contributed by atoms with Gasteiger partial charge in [0.2, 0.25) is 0 Å². The van der Waals surface area contributed by atoms with Crippen LogP contribution in [0.25, 0.3) is 0 Å². The minimum absolute atomic E-state index is 0.337. The summed E-state index contributed by atoms with van der Waals surface area (Å²) in [5.41, 5.74) is 0. The summed E-state index contributed by atoms with van der Waals surface area (Å²) < 4.78 is 5.46. The summed E-state index contributed by atoms with van der Waals surface area (Å²) in [5.74, 6) is 0. The molecule has 0 aliphatic carbocycles. The molecule has 0 aliphatic rings. The second-order valence-corrected chi connectivity index (χ2v) is 4.51. The highest BCUT2D eigenvalue weighted by Gasteiger charge is 1.93. The van der Waals surface area contributed by atoms with Crippen LogP contribution in [0.15, 0.2) is 0 Å². The summed E-state index contributed by atoms with van der Waals surface area (Å²) in [4.78, 5) is 0. The third-order valence-electron chi connectivity index (χ3n) is 2.46. The van der Waals surface area contributed by atoms with Crippen molar-refractivity contribution in [1.82, 2.24) is 5.32 Å². The lowest BCUT2D eigenvalue weighted by molar-refractivity contribution is 0.0760. The normalized spacial score (nSPS) is 11.2. The Hall–Kier alpha value is -0.120. The third kappa shape index (κ3) is 13.9. The van der Waals surface area contributed by atoms with Gasteiger partial charge in [0.1, 0.15) is 0 Å². The van der Waals surface area contributed by atoms with Gasteiger partial charge in [0.15, 0.2) is 0 Å².